The van der Waals surface area contributed by atoms with Crippen LogP contribution in [-0.2, 0) is 0 Å². The van der Waals surface area contributed by atoms with Crippen LogP contribution in [-0.4, -0.2) is 0 Å². The fraction of sp³-hybridized carbons (Fsp3) is 0. The Bertz CT molecular complexity index is 2270. The summed E-state index contributed by atoms with van der Waals surface area (Å²) < 4.78 is 13.6. The van der Waals surface area contributed by atoms with Gasteiger partial charge in [-0.2, -0.15) is 0 Å². The Balaban J connectivity index is 1.23. The maximum atomic E-state index is 13.6. The van der Waals surface area contributed by atoms with Crippen LogP contribution in [0.3, 0.4) is 0 Å². The third kappa shape index (κ3) is 5.21. The van der Waals surface area contributed by atoms with Crippen LogP contribution in [0.1, 0.15) is 0 Å². The molecule has 0 unspecified atom stereocenters. The highest BCUT2D eigenvalue weighted by Gasteiger charge is 2.17. The van der Waals surface area contributed by atoms with Crippen molar-refractivity contribution in [1.29, 1.82) is 0 Å². The second-order valence-electron chi connectivity index (χ2n) is 11.5. The summed E-state index contributed by atoms with van der Waals surface area (Å²) in [5.74, 6) is -0.231. The fourth-order valence-electron chi connectivity index (χ4n) is 6.38. The highest BCUT2D eigenvalue weighted by molar-refractivity contribution is 6.14. The first kappa shape index (κ1) is 27.6. The van der Waals surface area contributed by atoms with E-state index in [4.69, 9.17) is 0 Å². The van der Waals surface area contributed by atoms with Gasteiger partial charge < -0.3 is 4.90 Å². The van der Waals surface area contributed by atoms with Crippen molar-refractivity contribution in [3.63, 3.8) is 0 Å². The van der Waals surface area contributed by atoms with Gasteiger partial charge in [-0.05, 0) is 92.0 Å². The van der Waals surface area contributed by atoms with Crippen LogP contribution in [0, 0.1) is 5.82 Å². The van der Waals surface area contributed by atoms with Crippen LogP contribution in [0.4, 0.5) is 21.5 Å². The molecule has 0 aliphatic carbocycles. The molecule has 0 aromatic heterocycles. The smallest absolute Gasteiger partial charge is 0.123 e. The van der Waals surface area contributed by atoms with E-state index >= 15 is 0 Å². The highest BCUT2D eigenvalue weighted by atomic mass is 19.1. The van der Waals surface area contributed by atoms with Crippen molar-refractivity contribution in [3.05, 3.63) is 188 Å². The first-order chi connectivity index (χ1) is 22.7. The van der Waals surface area contributed by atoms with Crippen LogP contribution in [0.5, 0.6) is 0 Å². The second-order valence-corrected chi connectivity index (χ2v) is 11.5. The van der Waals surface area contributed by atoms with Crippen molar-refractivity contribution in [2.45, 2.75) is 0 Å². The average molecular weight is 592 g/mol. The Labute approximate surface area is 268 Å². The molecule has 0 amide bonds. The molecule has 0 N–H and O–H groups in total. The molecule has 8 rings (SSSR count). The molecule has 0 fully saturated rings. The standard InChI is InChI=1S/C44H30FN/c45-38-24-18-34(19-25-38)36-22-28-40(29-23-36)46(44-30-37-10-4-5-11-41(37)42-12-6-7-13-43(42)44)39-26-20-35(21-27-39)33-16-14-32(15-17-33)31-8-2-1-3-9-31/h1-30H. The van der Waals surface area contributed by atoms with E-state index in [1.54, 1.807) is 0 Å². The topological polar surface area (TPSA) is 3.24 Å². The van der Waals surface area contributed by atoms with E-state index in [9.17, 15) is 4.39 Å². The number of hydrogen-bond donors (Lipinski definition) is 0. The fourth-order valence-corrected chi connectivity index (χ4v) is 6.38. The maximum Gasteiger partial charge on any atom is 0.123 e. The molecule has 8 aromatic rings. The summed E-state index contributed by atoms with van der Waals surface area (Å²) in [7, 11) is 0. The van der Waals surface area contributed by atoms with Gasteiger partial charge in [-0.25, -0.2) is 4.39 Å². The summed E-state index contributed by atoms with van der Waals surface area (Å²) in [6.07, 6.45) is 0. The summed E-state index contributed by atoms with van der Waals surface area (Å²) >= 11 is 0. The van der Waals surface area contributed by atoms with Crippen molar-refractivity contribution < 1.29 is 4.39 Å². The lowest BCUT2D eigenvalue weighted by Gasteiger charge is -2.28. The molecule has 2 heteroatoms. The number of anilines is 3. The zero-order chi connectivity index (χ0) is 30.9. The van der Waals surface area contributed by atoms with Gasteiger partial charge in [0.15, 0.2) is 0 Å². The Kier molecular flexibility index (Phi) is 7.09. The molecule has 0 bridgehead atoms. The van der Waals surface area contributed by atoms with Gasteiger partial charge in [-0.1, -0.05) is 140 Å². The van der Waals surface area contributed by atoms with Crippen molar-refractivity contribution in [1.82, 2.24) is 0 Å². The summed E-state index contributed by atoms with van der Waals surface area (Å²) in [5.41, 5.74) is 10.0. The maximum absolute atomic E-state index is 13.6. The average Bonchev–Trinajstić information content (AvgIpc) is 3.13. The minimum Gasteiger partial charge on any atom is -0.310 e. The van der Waals surface area contributed by atoms with Gasteiger partial charge >= 0.3 is 0 Å². The molecule has 0 saturated heterocycles. The molecule has 46 heavy (non-hydrogen) atoms. The largest absolute Gasteiger partial charge is 0.310 e. The zero-order valence-electron chi connectivity index (χ0n) is 25.1. The highest BCUT2D eigenvalue weighted by Crippen LogP contribution is 2.42. The predicted octanol–water partition coefficient (Wildman–Crippen LogP) is 12.6. The quantitative estimate of drug-likeness (QED) is 0.174. The lowest BCUT2D eigenvalue weighted by Crippen LogP contribution is -2.10. The van der Waals surface area contributed by atoms with Gasteiger partial charge in [-0.15, -0.1) is 0 Å². The Morgan fingerprint density at radius 2 is 0.717 bits per heavy atom. The molecule has 0 aliphatic heterocycles. The normalized spacial score (nSPS) is 11.2. The SMILES string of the molecule is Fc1ccc(-c2ccc(N(c3ccc(-c4ccc(-c5ccccc5)cc4)cc3)c3cc4ccccc4c4ccccc34)cc2)cc1. The van der Waals surface area contributed by atoms with Crippen molar-refractivity contribution >= 4 is 38.6 Å². The zero-order valence-corrected chi connectivity index (χ0v) is 25.1. The van der Waals surface area contributed by atoms with Crippen LogP contribution in [0.2, 0.25) is 0 Å². The molecule has 0 heterocycles. The number of hydrogen-bond acceptors (Lipinski definition) is 1. The third-order valence-electron chi connectivity index (χ3n) is 8.74. The van der Waals surface area contributed by atoms with E-state index < -0.39 is 0 Å². The minimum absolute atomic E-state index is 0.231. The number of nitrogens with zero attached hydrogens (tertiary/aromatic N) is 1. The first-order valence-corrected chi connectivity index (χ1v) is 15.5. The van der Waals surface area contributed by atoms with Crippen molar-refractivity contribution in [2.75, 3.05) is 4.90 Å². The molecule has 8 aromatic carbocycles. The predicted molar refractivity (Wildman–Crippen MR) is 192 cm³/mol. The van der Waals surface area contributed by atoms with Crippen molar-refractivity contribution in [3.8, 4) is 33.4 Å². The molecule has 0 aliphatic rings. The molecule has 0 radical (unpaired) electrons. The summed E-state index contributed by atoms with van der Waals surface area (Å²) in [4.78, 5) is 2.34. The second kappa shape index (κ2) is 11.8. The number of benzene rings is 8. The summed E-state index contributed by atoms with van der Waals surface area (Å²) in [6.45, 7) is 0. The van der Waals surface area contributed by atoms with Crippen molar-refractivity contribution in [2.24, 2.45) is 0 Å². The molecular weight excluding hydrogens is 561 g/mol. The molecule has 0 spiro atoms. The van der Waals surface area contributed by atoms with E-state index in [1.807, 2.05) is 18.2 Å². The first-order valence-electron chi connectivity index (χ1n) is 15.5. The molecule has 0 saturated carbocycles. The molecule has 0 atom stereocenters. The van der Waals surface area contributed by atoms with Crippen LogP contribution >= 0.6 is 0 Å². The lowest BCUT2D eigenvalue weighted by molar-refractivity contribution is 0.628. The monoisotopic (exact) mass is 591 g/mol. The van der Waals surface area contributed by atoms with Gasteiger partial charge in [0, 0.05) is 16.8 Å². The molecule has 218 valence electrons. The van der Waals surface area contributed by atoms with Crippen LogP contribution in [0.15, 0.2) is 182 Å². The lowest BCUT2D eigenvalue weighted by atomic mass is 9.98. The van der Waals surface area contributed by atoms with Gasteiger partial charge in [-0.3, -0.25) is 0 Å². The number of rotatable bonds is 6. The van der Waals surface area contributed by atoms with Gasteiger partial charge in [0.2, 0.25) is 0 Å². The van der Waals surface area contributed by atoms with E-state index in [-0.39, 0.29) is 5.82 Å². The Morgan fingerprint density at radius 3 is 1.26 bits per heavy atom. The molecule has 1 nitrogen and oxygen atoms in total. The van der Waals surface area contributed by atoms with E-state index in [2.05, 4.69) is 157 Å². The van der Waals surface area contributed by atoms with Gasteiger partial charge in [0.1, 0.15) is 5.82 Å². The van der Waals surface area contributed by atoms with Gasteiger partial charge in [0.05, 0.1) is 5.69 Å². The van der Waals surface area contributed by atoms with E-state index in [0.717, 1.165) is 28.2 Å². The molecular formula is C44H30FN. The third-order valence-corrected chi connectivity index (χ3v) is 8.74. The Morgan fingerprint density at radius 1 is 0.326 bits per heavy atom. The van der Waals surface area contributed by atoms with Crippen LogP contribution in [0.25, 0.3) is 54.9 Å². The Hall–Kier alpha value is -5.99. The summed E-state index contributed by atoms with van der Waals surface area (Å²) in [6, 6.07) is 62.8. The van der Waals surface area contributed by atoms with E-state index in [1.165, 1.54) is 55.9 Å². The van der Waals surface area contributed by atoms with Gasteiger partial charge in [0.25, 0.3) is 0 Å². The number of fused-ring (bicyclic) bond motifs is 3. The summed E-state index contributed by atoms with van der Waals surface area (Å²) in [5, 5.41) is 4.84. The number of halogens is 1. The minimum atomic E-state index is -0.231. The van der Waals surface area contributed by atoms with Crippen LogP contribution < -0.4 is 4.90 Å². The van der Waals surface area contributed by atoms with E-state index in [0.29, 0.717) is 0 Å².